The summed E-state index contributed by atoms with van der Waals surface area (Å²) in [6.07, 6.45) is 6.20. The van der Waals surface area contributed by atoms with E-state index in [4.69, 9.17) is 4.74 Å². The summed E-state index contributed by atoms with van der Waals surface area (Å²) in [7, 11) is 0. The largest absolute Gasteiger partial charge is 0.463 e. The van der Waals surface area contributed by atoms with Crippen molar-refractivity contribution in [2.45, 2.75) is 47.5 Å². The van der Waals surface area contributed by atoms with Gasteiger partial charge < -0.3 is 4.74 Å². The van der Waals surface area contributed by atoms with Gasteiger partial charge in [0.15, 0.2) is 0 Å². The van der Waals surface area contributed by atoms with Crippen LogP contribution in [-0.2, 0) is 9.53 Å². The molecule has 0 aliphatic rings. The maximum atomic E-state index is 11.3. The Labute approximate surface area is 99.4 Å². The van der Waals surface area contributed by atoms with Crippen LogP contribution in [0.1, 0.15) is 47.5 Å². The number of carbonyl (C=O) groups is 1. The maximum Gasteiger partial charge on any atom is 0.333 e. The summed E-state index contributed by atoms with van der Waals surface area (Å²) in [5.74, 6) is 0.371. The van der Waals surface area contributed by atoms with E-state index in [2.05, 4.69) is 26.8 Å². The first-order chi connectivity index (χ1) is 7.47. The fourth-order valence-electron chi connectivity index (χ4n) is 1.24. The second kappa shape index (κ2) is 8.14. The zero-order valence-corrected chi connectivity index (χ0v) is 11.2. The maximum absolute atomic E-state index is 11.3. The Balaban J connectivity index is 4.05. The lowest BCUT2D eigenvalue weighted by Gasteiger charge is -2.06. The predicted molar refractivity (Wildman–Crippen MR) is 68.2 cm³/mol. The van der Waals surface area contributed by atoms with Gasteiger partial charge in [-0.1, -0.05) is 24.6 Å². The first kappa shape index (κ1) is 14.9. The molecule has 0 aromatic carbocycles. The smallest absolute Gasteiger partial charge is 0.333 e. The van der Waals surface area contributed by atoms with Crippen LogP contribution in [0.4, 0.5) is 0 Å². The zero-order valence-electron chi connectivity index (χ0n) is 11.2. The lowest BCUT2D eigenvalue weighted by Crippen LogP contribution is -2.05. The van der Waals surface area contributed by atoms with Crippen molar-refractivity contribution in [3.8, 4) is 0 Å². The van der Waals surface area contributed by atoms with Gasteiger partial charge in [-0.3, -0.25) is 0 Å². The highest BCUT2D eigenvalue weighted by Crippen LogP contribution is 2.12. The molecular formula is C14H24O2. The molecule has 0 saturated heterocycles. The predicted octanol–water partition coefficient (Wildman–Crippen LogP) is 3.88. The van der Waals surface area contributed by atoms with Gasteiger partial charge >= 0.3 is 5.97 Å². The van der Waals surface area contributed by atoms with E-state index in [-0.39, 0.29) is 5.97 Å². The highest BCUT2D eigenvalue weighted by molar-refractivity contribution is 5.87. The Morgan fingerprint density at radius 1 is 1.19 bits per heavy atom. The van der Waals surface area contributed by atoms with Gasteiger partial charge in [0.1, 0.15) is 0 Å². The van der Waals surface area contributed by atoms with Crippen LogP contribution < -0.4 is 0 Å². The molecule has 1 unspecified atom stereocenters. The number of carbonyl (C=O) groups excluding carboxylic acids is 1. The topological polar surface area (TPSA) is 26.3 Å². The molecule has 2 nitrogen and oxygen atoms in total. The van der Waals surface area contributed by atoms with Gasteiger partial charge in [-0.05, 0) is 46.5 Å². The summed E-state index contributed by atoms with van der Waals surface area (Å²) in [5, 5.41) is 0. The van der Waals surface area contributed by atoms with E-state index in [9.17, 15) is 4.79 Å². The third-order valence-electron chi connectivity index (χ3n) is 2.35. The molecule has 0 amide bonds. The summed E-state index contributed by atoms with van der Waals surface area (Å²) in [5.41, 5.74) is 2.06. The molecule has 0 aliphatic carbocycles. The van der Waals surface area contributed by atoms with Gasteiger partial charge in [0.2, 0.25) is 0 Å². The van der Waals surface area contributed by atoms with E-state index in [0.717, 1.165) is 12.8 Å². The number of rotatable bonds is 6. The highest BCUT2D eigenvalue weighted by atomic mass is 16.5. The van der Waals surface area contributed by atoms with E-state index >= 15 is 0 Å². The van der Waals surface area contributed by atoms with Crippen molar-refractivity contribution in [2.75, 3.05) is 6.61 Å². The first-order valence-electron chi connectivity index (χ1n) is 5.94. The molecule has 0 N–H and O–H groups in total. The van der Waals surface area contributed by atoms with Crippen LogP contribution in [0.5, 0.6) is 0 Å². The van der Waals surface area contributed by atoms with Crippen molar-refractivity contribution < 1.29 is 9.53 Å². The molecule has 92 valence electrons. The molecule has 0 rings (SSSR count). The Morgan fingerprint density at radius 3 is 2.25 bits per heavy atom. The Bertz CT molecular complexity index is 270. The van der Waals surface area contributed by atoms with Gasteiger partial charge in [0.05, 0.1) is 6.61 Å². The Hall–Kier alpha value is -1.05. The third-order valence-corrected chi connectivity index (χ3v) is 2.35. The van der Waals surface area contributed by atoms with Gasteiger partial charge in [-0.15, -0.1) is 0 Å². The van der Waals surface area contributed by atoms with Crippen molar-refractivity contribution in [1.82, 2.24) is 0 Å². The normalized spacial score (nSPS) is 13.2. The fraction of sp³-hybridized carbons (Fsp3) is 0.643. The lowest BCUT2D eigenvalue weighted by molar-refractivity contribution is -0.138. The zero-order chi connectivity index (χ0) is 12.6. The van der Waals surface area contributed by atoms with Crippen LogP contribution in [0.25, 0.3) is 0 Å². The first-order valence-corrected chi connectivity index (χ1v) is 5.94. The monoisotopic (exact) mass is 224 g/mol. The average molecular weight is 224 g/mol. The summed E-state index contributed by atoms with van der Waals surface area (Å²) in [6.45, 7) is 10.5. The molecule has 16 heavy (non-hydrogen) atoms. The molecular weight excluding hydrogens is 200 g/mol. The minimum Gasteiger partial charge on any atom is -0.463 e. The van der Waals surface area contributed by atoms with E-state index in [1.807, 2.05) is 19.9 Å². The van der Waals surface area contributed by atoms with Gasteiger partial charge in [0.25, 0.3) is 0 Å². The number of ether oxygens (including phenoxy) is 1. The molecule has 0 spiro atoms. The minimum absolute atomic E-state index is 0.197. The van der Waals surface area contributed by atoms with Crippen LogP contribution in [0.2, 0.25) is 0 Å². The summed E-state index contributed by atoms with van der Waals surface area (Å²) >= 11 is 0. The van der Waals surface area contributed by atoms with E-state index in [0.29, 0.717) is 18.1 Å². The van der Waals surface area contributed by atoms with Crippen LogP contribution in [0.15, 0.2) is 23.3 Å². The van der Waals surface area contributed by atoms with Crippen molar-refractivity contribution in [2.24, 2.45) is 5.92 Å². The van der Waals surface area contributed by atoms with Crippen LogP contribution >= 0.6 is 0 Å². The molecule has 0 aromatic heterocycles. The van der Waals surface area contributed by atoms with Crippen molar-refractivity contribution in [1.29, 1.82) is 0 Å². The third kappa shape index (κ3) is 7.27. The lowest BCUT2D eigenvalue weighted by atomic mass is 10.0. The number of hydrogen-bond acceptors (Lipinski definition) is 2. The summed E-state index contributed by atoms with van der Waals surface area (Å²) in [4.78, 5) is 11.3. The van der Waals surface area contributed by atoms with Gasteiger partial charge in [-0.2, -0.15) is 0 Å². The van der Waals surface area contributed by atoms with Crippen molar-refractivity contribution in [3.05, 3.63) is 23.3 Å². The Kier molecular flexibility index (Phi) is 7.61. The highest BCUT2D eigenvalue weighted by Gasteiger charge is 2.05. The molecule has 0 aromatic rings. The number of allylic oxidation sites excluding steroid dienone is 3. The molecule has 0 saturated carbocycles. The second-order valence-corrected chi connectivity index (χ2v) is 4.47. The fourth-order valence-corrected chi connectivity index (χ4v) is 1.24. The van der Waals surface area contributed by atoms with E-state index < -0.39 is 0 Å². The van der Waals surface area contributed by atoms with Gasteiger partial charge in [0, 0.05) is 5.57 Å². The second-order valence-electron chi connectivity index (χ2n) is 4.47. The van der Waals surface area contributed by atoms with Crippen molar-refractivity contribution in [3.63, 3.8) is 0 Å². The molecule has 0 bridgehead atoms. The summed E-state index contributed by atoms with van der Waals surface area (Å²) < 4.78 is 4.91. The molecule has 0 heterocycles. The molecule has 0 radical (unpaired) electrons. The van der Waals surface area contributed by atoms with Gasteiger partial charge in [-0.25, -0.2) is 4.79 Å². The SMILES string of the molecule is CCOC(=O)/C(C)=C/CC(C)CC=C(C)C. The van der Waals surface area contributed by atoms with Crippen LogP contribution in [0, 0.1) is 5.92 Å². The standard InChI is InChI=1S/C14H24O2/c1-6-16-14(15)13(5)10-9-12(4)8-7-11(2)3/h7,10,12H,6,8-9H2,1-5H3/b13-10+. The summed E-state index contributed by atoms with van der Waals surface area (Å²) in [6, 6.07) is 0. The van der Waals surface area contributed by atoms with Crippen LogP contribution in [-0.4, -0.2) is 12.6 Å². The number of hydrogen-bond donors (Lipinski definition) is 0. The molecule has 2 heteroatoms. The molecule has 0 aliphatic heterocycles. The Morgan fingerprint density at radius 2 is 1.75 bits per heavy atom. The van der Waals surface area contributed by atoms with E-state index in [1.165, 1.54) is 5.57 Å². The number of esters is 1. The molecule has 1 atom stereocenters. The minimum atomic E-state index is -0.197. The quantitative estimate of drug-likeness (QED) is 0.389. The van der Waals surface area contributed by atoms with E-state index in [1.54, 1.807) is 0 Å². The molecule has 0 fully saturated rings. The average Bonchev–Trinajstić information content (AvgIpc) is 2.23. The van der Waals surface area contributed by atoms with Crippen molar-refractivity contribution >= 4 is 5.97 Å². The van der Waals surface area contributed by atoms with Crippen LogP contribution in [0.3, 0.4) is 0 Å².